The van der Waals surface area contributed by atoms with E-state index in [4.69, 9.17) is 9.52 Å². The van der Waals surface area contributed by atoms with Gasteiger partial charge in [0, 0.05) is 31.5 Å². The Balaban J connectivity index is 1.55. The summed E-state index contributed by atoms with van der Waals surface area (Å²) >= 11 is 0. The summed E-state index contributed by atoms with van der Waals surface area (Å²) in [4.78, 5) is 29.2. The smallest absolute Gasteiger partial charge is 0.308 e. The van der Waals surface area contributed by atoms with E-state index < -0.39 is 11.9 Å². The number of oxazole rings is 1. The summed E-state index contributed by atoms with van der Waals surface area (Å²) in [5.74, 6) is -0.113. The van der Waals surface area contributed by atoms with Gasteiger partial charge in [0.15, 0.2) is 11.7 Å². The number of carbonyl (C=O) groups is 2. The Hall–Kier alpha value is -2.63. The van der Waals surface area contributed by atoms with Gasteiger partial charge in [-0.2, -0.15) is 0 Å². The molecule has 0 aliphatic carbocycles. The highest BCUT2D eigenvalue weighted by Gasteiger charge is 2.28. The van der Waals surface area contributed by atoms with Crippen molar-refractivity contribution >= 4 is 11.9 Å². The minimum atomic E-state index is -0.826. The predicted molar refractivity (Wildman–Crippen MR) is 87.2 cm³/mol. The van der Waals surface area contributed by atoms with E-state index in [-0.39, 0.29) is 12.3 Å². The molecular formula is C18H20N2O4. The maximum atomic E-state index is 12.3. The fraction of sp³-hybridized carbons (Fsp3) is 0.389. The average Bonchev–Trinajstić information content (AvgIpc) is 3.09. The summed E-state index contributed by atoms with van der Waals surface area (Å²) < 4.78 is 5.69. The van der Waals surface area contributed by atoms with Crippen LogP contribution in [0.5, 0.6) is 0 Å². The van der Waals surface area contributed by atoms with Crippen molar-refractivity contribution in [2.24, 2.45) is 5.92 Å². The third-order valence-corrected chi connectivity index (χ3v) is 4.29. The number of piperidine rings is 1. The van der Waals surface area contributed by atoms with Crippen molar-refractivity contribution in [2.45, 2.75) is 25.7 Å². The molecule has 6 heteroatoms. The van der Waals surface area contributed by atoms with Gasteiger partial charge in [-0.3, -0.25) is 9.59 Å². The monoisotopic (exact) mass is 328 g/mol. The van der Waals surface area contributed by atoms with Gasteiger partial charge in [0.05, 0.1) is 12.1 Å². The Labute approximate surface area is 140 Å². The van der Waals surface area contributed by atoms with E-state index in [0.717, 1.165) is 12.0 Å². The molecule has 2 aromatic rings. The van der Waals surface area contributed by atoms with Gasteiger partial charge in [-0.15, -0.1) is 0 Å². The first-order chi connectivity index (χ1) is 11.6. The Morgan fingerprint density at radius 3 is 2.83 bits per heavy atom. The summed E-state index contributed by atoms with van der Waals surface area (Å²) in [7, 11) is 0. The van der Waals surface area contributed by atoms with E-state index in [2.05, 4.69) is 4.98 Å². The number of likely N-dealkylation sites (tertiary alicyclic amines) is 1. The van der Waals surface area contributed by atoms with Gasteiger partial charge < -0.3 is 14.4 Å². The second-order valence-corrected chi connectivity index (χ2v) is 6.00. The average molecular weight is 328 g/mol. The van der Waals surface area contributed by atoms with Crippen LogP contribution >= 0.6 is 0 Å². The van der Waals surface area contributed by atoms with Crippen LogP contribution in [0.3, 0.4) is 0 Å². The molecule has 0 radical (unpaired) electrons. The topological polar surface area (TPSA) is 83.6 Å². The van der Waals surface area contributed by atoms with E-state index in [1.54, 1.807) is 11.1 Å². The Bertz CT molecular complexity index is 711. The molecule has 2 heterocycles. The number of carboxylic acid groups (broad SMARTS) is 1. The normalized spacial score (nSPS) is 17.7. The van der Waals surface area contributed by atoms with Crippen LogP contribution in [0.15, 0.2) is 40.9 Å². The minimum absolute atomic E-state index is 0.0413. The third kappa shape index (κ3) is 3.82. The van der Waals surface area contributed by atoms with Gasteiger partial charge in [-0.25, -0.2) is 4.98 Å². The highest BCUT2D eigenvalue weighted by atomic mass is 16.4. The van der Waals surface area contributed by atoms with Crippen molar-refractivity contribution in [3.8, 4) is 11.3 Å². The Morgan fingerprint density at radius 2 is 2.08 bits per heavy atom. The molecule has 1 aliphatic heterocycles. The lowest BCUT2D eigenvalue weighted by Crippen LogP contribution is -2.42. The van der Waals surface area contributed by atoms with Crippen molar-refractivity contribution in [1.82, 2.24) is 9.88 Å². The van der Waals surface area contributed by atoms with Crippen molar-refractivity contribution in [2.75, 3.05) is 13.1 Å². The van der Waals surface area contributed by atoms with Crippen LogP contribution in [0.4, 0.5) is 0 Å². The fourth-order valence-electron chi connectivity index (χ4n) is 2.94. The number of hydrogen-bond acceptors (Lipinski definition) is 4. The Morgan fingerprint density at radius 1 is 1.29 bits per heavy atom. The molecule has 1 atom stereocenters. The van der Waals surface area contributed by atoms with Crippen LogP contribution < -0.4 is 0 Å². The molecule has 1 N–H and O–H groups in total. The van der Waals surface area contributed by atoms with Gasteiger partial charge in [-0.1, -0.05) is 30.3 Å². The zero-order chi connectivity index (χ0) is 16.9. The number of aryl methyl sites for hydroxylation is 1. The maximum Gasteiger partial charge on any atom is 0.308 e. The maximum absolute atomic E-state index is 12.3. The van der Waals surface area contributed by atoms with Gasteiger partial charge in [0.2, 0.25) is 5.91 Å². The number of hydrogen-bond donors (Lipinski definition) is 1. The molecule has 1 aromatic carbocycles. The van der Waals surface area contributed by atoms with Crippen LogP contribution in [0.2, 0.25) is 0 Å². The van der Waals surface area contributed by atoms with E-state index in [9.17, 15) is 9.59 Å². The van der Waals surface area contributed by atoms with Crippen LogP contribution in [0.1, 0.15) is 25.2 Å². The number of benzene rings is 1. The number of carbonyl (C=O) groups excluding carboxylic acids is 1. The zero-order valence-corrected chi connectivity index (χ0v) is 13.4. The first kappa shape index (κ1) is 16.2. The standard InChI is InChI=1S/C18H20N2O4/c21-17(20-10-4-7-14(12-20)18(22)23)9-8-16-19-11-15(24-16)13-5-2-1-3-6-13/h1-3,5-6,11,14H,4,7-10,12H2,(H,22,23)/t14-/m1/s1. The first-order valence-corrected chi connectivity index (χ1v) is 8.14. The molecule has 1 aromatic heterocycles. The molecule has 6 nitrogen and oxygen atoms in total. The predicted octanol–water partition coefficient (Wildman–Crippen LogP) is 2.60. The molecule has 0 saturated carbocycles. The molecule has 0 bridgehead atoms. The SMILES string of the molecule is O=C(O)[C@@H]1CCCN(C(=O)CCc2ncc(-c3ccccc3)o2)C1. The van der Waals surface area contributed by atoms with E-state index >= 15 is 0 Å². The van der Waals surface area contributed by atoms with Crippen LogP contribution in [0.25, 0.3) is 11.3 Å². The number of aliphatic carboxylic acids is 1. The van der Waals surface area contributed by atoms with Gasteiger partial charge >= 0.3 is 5.97 Å². The lowest BCUT2D eigenvalue weighted by molar-refractivity contribution is -0.145. The van der Waals surface area contributed by atoms with Crippen molar-refractivity contribution in [3.63, 3.8) is 0 Å². The van der Waals surface area contributed by atoms with E-state index in [1.165, 1.54) is 0 Å². The highest BCUT2D eigenvalue weighted by molar-refractivity contribution is 5.78. The summed E-state index contributed by atoms with van der Waals surface area (Å²) in [5, 5.41) is 9.09. The molecule has 1 fully saturated rings. The third-order valence-electron chi connectivity index (χ3n) is 4.29. The second-order valence-electron chi connectivity index (χ2n) is 6.00. The molecule has 3 rings (SSSR count). The molecule has 1 amide bonds. The molecule has 24 heavy (non-hydrogen) atoms. The van der Waals surface area contributed by atoms with Crippen LogP contribution in [0, 0.1) is 5.92 Å². The number of nitrogens with zero attached hydrogens (tertiary/aromatic N) is 2. The van der Waals surface area contributed by atoms with Crippen molar-refractivity contribution < 1.29 is 19.1 Å². The summed E-state index contributed by atoms with van der Waals surface area (Å²) in [6, 6.07) is 9.67. The van der Waals surface area contributed by atoms with Crippen molar-refractivity contribution in [1.29, 1.82) is 0 Å². The summed E-state index contributed by atoms with van der Waals surface area (Å²) in [6.45, 7) is 0.929. The van der Waals surface area contributed by atoms with Crippen LogP contribution in [-0.4, -0.2) is 40.0 Å². The fourth-order valence-corrected chi connectivity index (χ4v) is 2.94. The molecule has 1 aliphatic rings. The lowest BCUT2D eigenvalue weighted by Gasteiger charge is -2.30. The largest absolute Gasteiger partial charge is 0.481 e. The van der Waals surface area contributed by atoms with Crippen molar-refractivity contribution in [3.05, 3.63) is 42.4 Å². The quantitative estimate of drug-likeness (QED) is 0.912. The molecular weight excluding hydrogens is 308 g/mol. The lowest BCUT2D eigenvalue weighted by atomic mass is 9.98. The van der Waals surface area contributed by atoms with Gasteiger partial charge in [-0.05, 0) is 12.8 Å². The Kier molecular flexibility index (Phi) is 4.93. The molecule has 126 valence electrons. The number of carboxylic acids is 1. The number of aromatic nitrogens is 1. The molecule has 0 unspecified atom stereocenters. The zero-order valence-electron chi connectivity index (χ0n) is 13.4. The highest BCUT2D eigenvalue weighted by Crippen LogP contribution is 2.21. The first-order valence-electron chi connectivity index (χ1n) is 8.14. The molecule has 0 spiro atoms. The van der Waals surface area contributed by atoms with Gasteiger partial charge in [0.25, 0.3) is 0 Å². The summed E-state index contributed by atoms with van der Waals surface area (Å²) in [6.07, 6.45) is 3.73. The van der Waals surface area contributed by atoms with Gasteiger partial charge in [0.1, 0.15) is 0 Å². The second kappa shape index (κ2) is 7.29. The van der Waals surface area contributed by atoms with E-state index in [1.807, 2.05) is 30.3 Å². The van der Waals surface area contributed by atoms with E-state index in [0.29, 0.717) is 37.6 Å². The van der Waals surface area contributed by atoms with Crippen LogP contribution in [-0.2, 0) is 16.0 Å². The number of rotatable bonds is 5. The molecule has 1 saturated heterocycles. The number of amides is 1. The minimum Gasteiger partial charge on any atom is -0.481 e. The summed E-state index contributed by atoms with van der Waals surface area (Å²) in [5.41, 5.74) is 0.947.